The van der Waals surface area contributed by atoms with Gasteiger partial charge in [-0.1, -0.05) is 18.2 Å². The predicted octanol–water partition coefficient (Wildman–Crippen LogP) is 1.63. The standard InChI is InChI=1S/C14H18N4O2S/c1-9-14(10(2)17-16-9)21(19,20)18-8-7-12(15)11-5-3-4-6-13(11)18/h3-6,12H,7-8,15H2,1-2H3,(H,16,17). The normalized spacial score (nSPS) is 18.6. The Labute approximate surface area is 124 Å². The highest BCUT2D eigenvalue weighted by Gasteiger charge is 2.34. The molecule has 0 saturated heterocycles. The van der Waals surface area contributed by atoms with Gasteiger partial charge in [0.2, 0.25) is 0 Å². The molecule has 1 unspecified atom stereocenters. The van der Waals surface area contributed by atoms with Crippen molar-refractivity contribution in [2.75, 3.05) is 10.8 Å². The SMILES string of the molecule is Cc1n[nH]c(C)c1S(=O)(=O)N1CCC(N)c2ccccc21. The first-order valence-electron chi connectivity index (χ1n) is 6.81. The molecule has 0 spiro atoms. The van der Waals surface area contributed by atoms with Crippen LogP contribution in [0.5, 0.6) is 0 Å². The number of hydrogen-bond donors (Lipinski definition) is 2. The second kappa shape index (κ2) is 4.85. The van der Waals surface area contributed by atoms with Gasteiger partial charge in [-0.05, 0) is 31.9 Å². The van der Waals surface area contributed by atoms with E-state index >= 15 is 0 Å². The molecule has 3 rings (SSSR count). The summed E-state index contributed by atoms with van der Waals surface area (Å²) >= 11 is 0. The van der Waals surface area contributed by atoms with Gasteiger partial charge in [0.1, 0.15) is 4.90 Å². The molecule has 1 aliphatic rings. The van der Waals surface area contributed by atoms with Crippen molar-refractivity contribution in [3.63, 3.8) is 0 Å². The first-order valence-corrected chi connectivity index (χ1v) is 8.25. The van der Waals surface area contributed by atoms with Gasteiger partial charge in [0, 0.05) is 12.6 Å². The van der Waals surface area contributed by atoms with Crippen LogP contribution in [0.25, 0.3) is 0 Å². The topological polar surface area (TPSA) is 92.1 Å². The molecule has 7 heteroatoms. The smallest absolute Gasteiger partial charge is 0.267 e. The number of aromatic amines is 1. The lowest BCUT2D eigenvalue weighted by molar-refractivity contribution is 0.573. The largest absolute Gasteiger partial charge is 0.324 e. The third kappa shape index (κ3) is 2.13. The van der Waals surface area contributed by atoms with Crippen molar-refractivity contribution in [2.45, 2.75) is 31.2 Å². The average molecular weight is 306 g/mol. The first-order chi connectivity index (χ1) is 9.93. The van der Waals surface area contributed by atoms with Gasteiger partial charge in [0.25, 0.3) is 10.0 Å². The van der Waals surface area contributed by atoms with Crippen molar-refractivity contribution in [1.29, 1.82) is 0 Å². The highest BCUT2D eigenvalue weighted by Crippen LogP contribution is 2.36. The predicted molar refractivity (Wildman–Crippen MR) is 80.6 cm³/mol. The maximum absolute atomic E-state index is 13.0. The monoisotopic (exact) mass is 306 g/mol. The second-order valence-electron chi connectivity index (χ2n) is 5.29. The molecule has 21 heavy (non-hydrogen) atoms. The Kier molecular flexibility index (Phi) is 3.26. The third-order valence-corrected chi connectivity index (χ3v) is 5.93. The molecule has 2 heterocycles. The number of fused-ring (bicyclic) bond motifs is 1. The summed E-state index contributed by atoms with van der Waals surface area (Å²) in [5, 5.41) is 6.73. The fourth-order valence-electron chi connectivity index (χ4n) is 2.84. The van der Waals surface area contributed by atoms with Gasteiger partial charge in [-0.3, -0.25) is 9.40 Å². The molecule has 0 radical (unpaired) electrons. The minimum absolute atomic E-state index is 0.126. The lowest BCUT2D eigenvalue weighted by atomic mass is 9.99. The van der Waals surface area contributed by atoms with Crippen LogP contribution in [0.3, 0.4) is 0 Å². The maximum atomic E-state index is 13.0. The van der Waals surface area contributed by atoms with Gasteiger partial charge in [0.15, 0.2) is 0 Å². The summed E-state index contributed by atoms with van der Waals surface area (Å²) in [6.07, 6.45) is 0.603. The van der Waals surface area contributed by atoms with Crippen LogP contribution >= 0.6 is 0 Å². The Morgan fingerprint density at radius 1 is 1.33 bits per heavy atom. The van der Waals surface area contributed by atoms with Gasteiger partial charge in [0.05, 0.1) is 17.1 Å². The van der Waals surface area contributed by atoms with Crippen LogP contribution in [0.4, 0.5) is 5.69 Å². The van der Waals surface area contributed by atoms with Gasteiger partial charge in [-0.25, -0.2) is 8.42 Å². The van der Waals surface area contributed by atoms with Crippen LogP contribution in [0.1, 0.15) is 29.4 Å². The molecule has 2 aromatic rings. The number of hydrogen-bond acceptors (Lipinski definition) is 4. The van der Waals surface area contributed by atoms with Crippen molar-refractivity contribution in [2.24, 2.45) is 5.73 Å². The number of aromatic nitrogens is 2. The Morgan fingerprint density at radius 3 is 2.71 bits per heavy atom. The Hall–Kier alpha value is -1.86. The highest BCUT2D eigenvalue weighted by molar-refractivity contribution is 7.93. The number of aryl methyl sites for hydroxylation is 2. The van der Waals surface area contributed by atoms with Crippen molar-refractivity contribution in [1.82, 2.24) is 10.2 Å². The summed E-state index contributed by atoms with van der Waals surface area (Å²) in [6.45, 7) is 3.79. The van der Waals surface area contributed by atoms with E-state index in [9.17, 15) is 8.42 Å². The molecule has 0 bridgehead atoms. The van der Waals surface area contributed by atoms with Crippen LogP contribution in [-0.2, 0) is 10.0 Å². The molecule has 6 nitrogen and oxygen atoms in total. The number of nitrogens with two attached hydrogens (primary N) is 1. The number of nitrogens with zero attached hydrogens (tertiary/aromatic N) is 2. The molecular weight excluding hydrogens is 288 g/mol. The summed E-state index contributed by atoms with van der Waals surface area (Å²) in [6, 6.07) is 7.27. The lowest BCUT2D eigenvalue weighted by Crippen LogP contribution is -2.38. The van der Waals surface area contributed by atoms with Crippen LogP contribution in [0.15, 0.2) is 29.2 Å². The molecule has 1 aromatic heterocycles. The van der Waals surface area contributed by atoms with Crippen LogP contribution in [-0.4, -0.2) is 25.2 Å². The van der Waals surface area contributed by atoms with E-state index in [1.54, 1.807) is 19.9 Å². The Bertz CT molecular complexity index is 763. The van der Waals surface area contributed by atoms with Crippen molar-refractivity contribution < 1.29 is 8.42 Å². The zero-order valence-electron chi connectivity index (χ0n) is 12.0. The van der Waals surface area contributed by atoms with E-state index in [2.05, 4.69) is 10.2 Å². The van der Waals surface area contributed by atoms with Crippen LogP contribution in [0, 0.1) is 13.8 Å². The number of H-pyrrole nitrogens is 1. The molecule has 0 fully saturated rings. The van der Waals surface area contributed by atoms with Crippen molar-refractivity contribution in [3.8, 4) is 0 Å². The molecule has 1 aromatic carbocycles. The quantitative estimate of drug-likeness (QED) is 0.882. The van der Waals surface area contributed by atoms with E-state index in [-0.39, 0.29) is 10.9 Å². The second-order valence-corrected chi connectivity index (χ2v) is 7.09. The summed E-state index contributed by atoms with van der Waals surface area (Å²) in [5.41, 5.74) is 8.66. The summed E-state index contributed by atoms with van der Waals surface area (Å²) in [7, 11) is -3.63. The van der Waals surface area contributed by atoms with E-state index in [0.29, 0.717) is 30.0 Å². The van der Waals surface area contributed by atoms with Crippen molar-refractivity contribution >= 4 is 15.7 Å². The summed E-state index contributed by atoms with van der Waals surface area (Å²) < 4.78 is 27.4. The number of rotatable bonds is 2. The minimum Gasteiger partial charge on any atom is -0.324 e. The summed E-state index contributed by atoms with van der Waals surface area (Å²) in [4.78, 5) is 0.257. The number of para-hydroxylation sites is 1. The molecule has 0 saturated carbocycles. The highest BCUT2D eigenvalue weighted by atomic mass is 32.2. The van der Waals surface area contributed by atoms with Gasteiger partial charge >= 0.3 is 0 Å². The minimum atomic E-state index is -3.63. The number of sulfonamides is 1. The molecule has 3 N–H and O–H groups in total. The van der Waals surface area contributed by atoms with Crippen molar-refractivity contribution in [3.05, 3.63) is 41.2 Å². The van der Waals surface area contributed by atoms with Crippen LogP contribution < -0.4 is 10.0 Å². The van der Waals surface area contributed by atoms with E-state index in [1.165, 1.54) is 4.31 Å². The zero-order valence-corrected chi connectivity index (χ0v) is 12.8. The third-order valence-electron chi connectivity index (χ3n) is 3.86. The molecule has 1 atom stereocenters. The van der Waals surface area contributed by atoms with E-state index in [0.717, 1.165) is 5.56 Å². The zero-order chi connectivity index (χ0) is 15.2. The van der Waals surface area contributed by atoms with Gasteiger partial charge < -0.3 is 5.73 Å². The van der Waals surface area contributed by atoms with Gasteiger partial charge in [-0.2, -0.15) is 5.10 Å². The van der Waals surface area contributed by atoms with Crippen LogP contribution in [0.2, 0.25) is 0 Å². The fourth-order valence-corrected chi connectivity index (χ4v) is 4.68. The van der Waals surface area contributed by atoms with Gasteiger partial charge in [-0.15, -0.1) is 0 Å². The average Bonchev–Trinajstić information content (AvgIpc) is 2.79. The number of anilines is 1. The molecule has 1 aliphatic heterocycles. The number of benzene rings is 1. The maximum Gasteiger partial charge on any atom is 0.267 e. The Morgan fingerprint density at radius 2 is 2.05 bits per heavy atom. The van der Waals surface area contributed by atoms with E-state index in [1.807, 2.05) is 18.2 Å². The molecule has 0 aliphatic carbocycles. The lowest BCUT2D eigenvalue weighted by Gasteiger charge is -2.33. The van der Waals surface area contributed by atoms with E-state index in [4.69, 9.17) is 5.73 Å². The Balaban J connectivity index is 2.16. The molecule has 112 valence electrons. The van der Waals surface area contributed by atoms with E-state index < -0.39 is 10.0 Å². The first kappa shape index (κ1) is 14.1. The number of nitrogens with one attached hydrogen (secondary N) is 1. The molecular formula is C14H18N4O2S. The fraction of sp³-hybridized carbons (Fsp3) is 0.357. The summed E-state index contributed by atoms with van der Waals surface area (Å²) in [5.74, 6) is 0. The molecule has 0 amide bonds.